The van der Waals surface area contributed by atoms with Crippen LogP contribution in [0.15, 0.2) is 18.9 Å². The molecule has 0 aliphatic heterocycles. The summed E-state index contributed by atoms with van der Waals surface area (Å²) in [5, 5.41) is 14.0. The summed E-state index contributed by atoms with van der Waals surface area (Å²) in [6.07, 6.45) is 3.72. The molecule has 1 heterocycles. The van der Waals surface area contributed by atoms with Gasteiger partial charge in [0.1, 0.15) is 6.20 Å². The molecule has 0 fully saturated rings. The normalized spacial score (nSPS) is 9.92. The Morgan fingerprint density at radius 2 is 2.54 bits per heavy atom. The zero-order chi connectivity index (χ0) is 9.84. The van der Waals surface area contributed by atoms with Crippen LogP contribution in [0.3, 0.4) is 0 Å². The quantitative estimate of drug-likeness (QED) is 0.425. The van der Waals surface area contributed by atoms with Crippen molar-refractivity contribution < 1.29 is 4.92 Å². The van der Waals surface area contributed by atoms with Crippen molar-refractivity contribution in [3.8, 4) is 0 Å². The molecule has 1 aromatic rings. The first-order valence-corrected chi connectivity index (χ1v) is 4.01. The molecule has 0 saturated heterocycles. The molecule has 0 amide bonds. The van der Waals surface area contributed by atoms with Crippen LogP contribution in [0.1, 0.15) is 6.42 Å². The minimum Gasteiger partial charge on any atom is -0.264 e. The summed E-state index contributed by atoms with van der Waals surface area (Å²) in [6.45, 7) is 4.08. The van der Waals surface area contributed by atoms with E-state index in [0.29, 0.717) is 13.0 Å². The van der Waals surface area contributed by atoms with Crippen LogP contribution in [0.2, 0.25) is 5.15 Å². The fourth-order valence-corrected chi connectivity index (χ4v) is 1.06. The van der Waals surface area contributed by atoms with E-state index in [2.05, 4.69) is 11.7 Å². The number of allylic oxidation sites excluding steroid dienone is 1. The van der Waals surface area contributed by atoms with Gasteiger partial charge in [-0.1, -0.05) is 17.7 Å². The zero-order valence-corrected chi connectivity index (χ0v) is 7.57. The summed E-state index contributed by atoms with van der Waals surface area (Å²) in [6, 6.07) is 0. The predicted octanol–water partition coefficient (Wildman–Crippen LogP) is 2.02. The molecule has 0 radical (unpaired) electrons. The summed E-state index contributed by atoms with van der Waals surface area (Å²) < 4.78 is 1.43. The average Bonchev–Trinajstić information content (AvgIpc) is 2.43. The number of nitrogens with zero attached hydrogens (tertiary/aromatic N) is 3. The highest BCUT2D eigenvalue weighted by molar-refractivity contribution is 6.31. The van der Waals surface area contributed by atoms with Gasteiger partial charge in [-0.25, -0.2) is 0 Å². The van der Waals surface area contributed by atoms with E-state index in [0.717, 1.165) is 0 Å². The summed E-state index contributed by atoms with van der Waals surface area (Å²) in [4.78, 5) is 9.80. The molecule has 13 heavy (non-hydrogen) atoms. The van der Waals surface area contributed by atoms with Gasteiger partial charge in [0.2, 0.25) is 5.15 Å². The van der Waals surface area contributed by atoms with Crippen molar-refractivity contribution in [3.63, 3.8) is 0 Å². The summed E-state index contributed by atoms with van der Waals surface area (Å²) >= 11 is 5.52. The van der Waals surface area contributed by atoms with Crippen LogP contribution in [-0.4, -0.2) is 14.7 Å². The molecule has 0 aliphatic carbocycles. The largest absolute Gasteiger partial charge is 0.325 e. The fourth-order valence-electron chi connectivity index (χ4n) is 0.848. The first-order valence-electron chi connectivity index (χ1n) is 3.63. The number of hydrogen-bond donors (Lipinski definition) is 0. The molecule has 1 aromatic heterocycles. The maximum atomic E-state index is 10.4. The SMILES string of the molecule is C=CCCn1cc([N+](=O)[O-])c(Cl)n1. The fraction of sp³-hybridized carbons (Fsp3) is 0.286. The first-order chi connectivity index (χ1) is 6.15. The summed E-state index contributed by atoms with van der Waals surface area (Å²) in [7, 11) is 0. The summed E-state index contributed by atoms with van der Waals surface area (Å²) in [5.74, 6) is 0. The average molecular weight is 202 g/mol. The second-order valence-electron chi connectivity index (χ2n) is 2.40. The van der Waals surface area contributed by atoms with Gasteiger partial charge in [-0.05, 0) is 6.42 Å². The molecule has 5 nitrogen and oxygen atoms in total. The van der Waals surface area contributed by atoms with Crippen molar-refractivity contribution >= 4 is 17.3 Å². The number of halogens is 1. The van der Waals surface area contributed by atoms with Crippen LogP contribution in [-0.2, 0) is 6.54 Å². The highest BCUT2D eigenvalue weighted by atomic mass is 35.5. The molecule has 0 spiro atoms. The minimum absolute atomic E-state index is 0.0749. The van der Waals surface area contributed by atoms with Crippen molar-refractivity contribution in [3.05, 3.63) is 34.1 Å². The molecule has 0 N–H and O–H groups in total. The Bertz CT molecular complexity index is 334. The van der Waals surface area contributed by atoms with Gasteiger partial charge in [0.25, 0.3) is 0 Å². The Kier molecular flexibility index (Phi) is 3.02. The molecular weight excluding hydrogens is 194 g/mol. The minimum atomic E-state index is -0.556. The molecule has 0 saturated carbocycles. The van der Waals surface area contributed by atoms with E-state index >= 15 is 0 Å². The van der Waals surface area contributed by atoms with E-state index in [4.69, 9.17) is 11.6 Å². The molecule has 6 heteroatoms. The van der Waals surface area contributed by atoms with Crippen molar-refractivity contribution in [1.82, 2.24) is 9.78 Å². The molecule has 0 atom stereocenters. The van der Waals surface area contributed by atoms with E-state index in [1.165, 1.54) is 10.9 Å². The number of aromatic nitrogens is 2. The highest BCUT2D eigenvalue weighted by Gasteiger charge is 2.16. The van der Waals surface area contributed by atoms with E-state index in [-0.39, 0.29) is 10.8 Å². The Labute approximate surface area is 79.8 Å². The smallest absolute Gasteiger partial charge is 0.264 e. The lowest BCUT2D eigenvalue weighted by Crippen LogP contribution is -1.96. The van der Waals surface area contributed by atoms with Gasteiger partial charge in [-0.2, -0.15) is 5.10 Å². The van der Waals surface area contributed by atoms with E-state index in [9.17, 15) is 10.1 Å². The topological polar surface area (TPSA) is 61.0 Å². The maximum absolute atomic E-state index is 10.4. The number of rotatable bonds is 4. The van der Waals surface area contributed by atoms with E-state index in [1.54, 1.807) is 6.08 Å². The van der Waals surface area contributed by atoms with Gasteiger partial charge >= 0.3 is 5.69 Å². The summed E-state index contributed by atoms with van der Waals surface area (Å²) in [5.41, 5.74) is -0.161. The first kappa shape index (κ1) is 9.73. The van der Waals surface area contributed by atoms with Crippen LogP contribution >= 0.6 is 11.6 Å². The second kappa shape index (κ2) is 4.04. The predicted molar refractivity (Wildman–Crippen MR) is 48.7 cm³/mol. The molecule has 0 unspecified atom stereocenters. The van der Waals surface area contributed by atoms with Crippen molar-refractivity contribution in [1.29, 1.82) is 0 Å². The number of hydrogen-bond acceptors (Lipinski definition) is 3. The molecule has 0 bridgehead atoms. The van der Waals surface area contributed by atoms with Gasteiger partial charge < -0.3 is 0 Å². The van der Waals surface area contributed by atoms with Gasteiger partial charge in [-0.15, -0.1) is 6.58 Å². The van der Waals surface area contributed by atoms with Crippen molar-refractivity contribution in [2.45, 2.75) is 13.0 Å². The second-order valence-corrected chi connectivity index (χ2v) is 2.76. The van der Waals surface area contributed by atoms with E-state index < -0.39 is 4.92 Å². The number of aryl methyl sites for hydroxylation is 1. The molecule has 0 aliphatic rings. The van der Waals surface area contributed by atoms with E-state index in [1.807, 2.05) is 0 Å². The molecule has 1 rings (SSSR count). The van der Waals surface area contributed by atoms with Gasteiger partial charge in [0.15, 0.2) is 0 Å². The van der Waals surface area contributed by atoms with Crippen LogP contribution in [0, 0.1) is 10.1 Å². The maximum Gasteiger partial charge on any atom is 0.325 e. The van der Waals surface area contributed by atoms with Crippen LogP contribution in [0.4, 0.5) is 5.69 Å². The standard InChI is InChI=1S/C7H8ClN3O2/c1-2-3-4-10-5-6(11(12)13)7(8)9-10/h2,5H,1,3-4H2. The van der Waals surface area contributed by atoms with Crippen LogP contribution in [0.5, 0.6) is 0 Å². The number of nitro groups is 1. The third-order valence-corrected chi connectivity index (χ3v) is 1.73. The molecular formula is C7H8ClN3O2. The zero-order valence-electron chi connectivity index (χ0n) is 6.81. The Morgan fingerprint density at radius 1 is 1.85 bits per heavy atom. The monoisotopic (exact) mass is 201 g/mol. The van der Waals surface area contributed by atoms with Gasteiger partial charge in [0.05, 0.1) is 4.92 Å². The Balaban J connectivity index is 2.82. The lowest BCUT2D eigenvalue weighted by molar-refractivity contribution is -0.384. The van der Waals surface area contributed by atoms with Crippen LogP contribution in [0.25, 0.3) is 0 Å². The Hall–Kier alpha value is -1.36. The Morgan fingerprint density at radius 3 is 3.00 bits per heavy atom. The highest BCUT2D eigenvalue weighted by Crippen LogP contribution is 2.21. The molecule has 0 aromatic carbocycles. The van der Waals surface area contributed by atoms with Crippen LogP contribution < -0.4 is 0 Å². The third-order valence-electron chi connectivity index (χ3n) is 1.46. The third kappa shape index (κ3) is 2.29. The van der Waals surface area contributed by atoms with Crippen molar-refractivity contribution in [2.24, 2.45) is 0 Å². The lowest BCUT2D eigenvalue weighted by Gasteiger charge is -1.93. The van der Waals surface area contributed by atoms with Crippen molar-refractivity contribution in [2.75, 3.05) is 0 Å². The molecule has 70 valence electrons. The van der Waals surface area contributed by atoms with Gasteiger partial charge in [0, 0.05) is 6.54 Å². The van der Waals surface area contributed by atoms with Gasteiger partial charge in [-0.3, -0.25) is 14.8 Å². The lowest BCUT2D eigenvalue weighted by atomic mass is 10.4.